The molecule has 8 nitrogen and oxygen atoms in total. The molecule has 0 aromatic heterocycles. The maximum atomic E-state index is 12.0. The molecule has 1 fully saturated rings. The number of amides is 3. The second-order valence-electron chi connectivity index (χ2n) is 8.81. The number of piperidine rings is 1. The molecule has 0 unspecified atom stereocenters. The van der Waals surface area contributed by atoms with Gasteiger partial charge in [0.2, 0.25) is 17.7 Å². The van der Waals surface area contributed by atoms with Crippen LogP contribution < -0.4 is 21.7 Å². The lowest BCUT2D eigenvalue weighted by molar-refractivity contribution is -0.127. The Hall–Kier alpha value is -1.67. The van der Waals surface area contributed by atoms with Gasteiger partial charge in [-0.25, -0.2) is 0 Å². The topological polar surface area (TPSA) is 117 Å². The molecule has 1 rings (SSSR count). The Balaban J connectivity index is 2.20. The van der Waals surface area contributed by atoms with E-state index >= 15 is 0 Å². The van der Waals surface area contributed by atoms with Crippen molar-refractivity contribution in [1.29, 1.82) is 0 Å². The molecule has 0 aliphatic carbocycles. The Morgan fingerprint density at radius 3 is 2.19 bits per heavy atom. The van der Waals surface area contributed by atoms with Gasteiger partial charge < -0.3 is 21.7 Å². The van der Waals surface area contributed by atoms with E-state index in [0.29, 0.717) is 19.0 Å². The van der Waals surface area contributed by atoms with E-state index in [9.17, 15) is 14.4 Å². The minimum absolute atomic E-state index is 0.0312. The Kier molecular flexibility index (Phi) is 9.18. The average molecular weight is 384 g/mol. The smallest absolute Gasteiger partial charge is 0.239 e. The van der Waals surface area contributed by atoms with E-state index in [4.69, 9.17) is 5.73 Å². The van der Waals surface area contributed by atoms with Crippen molar-refractivity contribution in [3.05, 3.63) is 0 Å². The summed E-state index contributed by atoms with van der Waals surface area (Å²) in [7, 11) is 0. The highest BCUT2D eigenvalue weighted by Crippen LogP contribution is 2.16. The van der Waals surface area contributed by atoms with Crippen molar-refractivity contribution in [3.63, 3.8) is 0 Å². The van der Waals surface area contributed by atoms with Crippen LogP contribution in [-0.2, 0) is 14.4 Å². The first-order valence-electron chi connectivity index (χ1n) is 9.81. The van der Waals surface area contributed by atoms with Gasteiger partial charge in [-0.2, -0.15) is 0 Å². The molecular formula is C19H37N5O3. The molecule has 1 aliphatic rings. The maximum absolute atomic E-state index is 12.0. The third-order valence-corrected chi connectivity index (χ3v) is 4.62. The molecule has 0 saturated carbocycles. The number of hydrogen-bond acceptors (Lipinski definition) is 5. The zero-order chi connectivity index (χ0) is 20.6. The van der Waals surface area contributed by atoms with Gasteiger partial charge in [0, 0.05) is 12.1 Å². The van der Waals surface area contributed by atoms with E-state index in [2.05, 4.69) is 20.9 Å². The van der Waals surface area contributed by atoms with Gasteiger partial charge in [-0.3, -0.25) is 19.3 Å². The van der Waals surface area contributed by atoms with Crippen LogP contribution >= 0.6 is 0 Å². The number of nitrogens with two attached hydrogens (primary N) is 1. The third kappa shape index (κ3) is 9.72. The van der Waals surface area contributed by atoms with E-state index in [0.717, 1.165) is 25.9 Å². The Labute approximate surface area is 163 Å². The number of carbonyl (C=O) groups is 3. The van der Waals surface area contributed by atoms with Crippen molar-refractivity contribution >= 4 is 17.7 Å². The highest BCUT2D eigenvalue weighted by Gasteiger charge is 2.23. The second kappa shape index (κ2) is 10.6. The summed E-state index contributed by atoms with van der Waals surface area (Å²) in [5.41, 5.74) is 5.53. The first-order chi connectivity index (χ1) is 12.5. The molecule has 3 amide bonds. The lowest BCUT2D eigenvalue weighted by Crippen LogP contribution is -2.49. The summed E-state index contributed by atoms with van der Waals surface area (Å²) in [6, 6.07) is -0.599. The summed E-state index contributed by atoms with van der Waals surface area (Å²) in [4.78, 5) is 37.8. The van der Waals surface area contributed by atoms with E-state index in [1.807, 2.05) is 34.6 Å². The molecule has 1 heterocycles. The molecule has 156 valence electrons. The van der Waals surface area contributed by atoms with Crippen LogP contribution in [-0.4, -0.2) is 66.9 Å². The van der Waals surface area contributed by atoms with Crippen LogP contribution in [0.2, 0.25) is 0 Å². The minimum atomic E-state index is -0.599. The highest BCUT2D eigenvalue weighted by molar-refractivity contribution is 5.87. The number of likely N-dealkylation sites (tertiary alicyclic amines) is 1. The van der Waals surface area contributed by atoms with Gasteiger partial charge in [0.1, 0.15) is 0 Å². The van der Waals surface area contributed by atoms with Gasteiger partial charge in [0.05, 0.1) is 19.1 Å². The van der Waals surface area contributed by atoms with Gasteiger partial charge >= 0.3 is 0 Å². The highest BCUT2D eigenvalue weighted by atomic mass is 16.2. The van der Waals surface area contributed by atoms with Gasteiger partial charge in [0.25, 0.3) is 0 Å². The van der Waals surface area contributed by atoms with Crippen LogP contribution in [0.4, 0.5) is 0 Å². The molecule has 1 aliphatic heterocycles. The quantitative estimate of drug-likeness (QED) is 0.464. The fourth-order valence-corrected chi connectivity index (χ4v) is 2.92. The fraction of sp³-hybridized carbons (Fsp3) is 0.842. The van der Waals surface area contributed by atoms with Crippen LogP contribution in [0, 0.1) is 11.8 Å². The average Bonchev–Trinajstić information content (AvgIpc) is 2.56. The minimum Gasteiger partial charge on any atom is -0.354 e. The Bertz CT molecular complexity index is 508. The van der Waals surface area contributed by atoms with Gasteiger partial charge in [0.15, 0.2) is 0 Å². The molecule has 1 saturated heterocycles. The van der Waals surface area contributed by atoms with Crippen molar-refractivity contribution in [2.24, 2.45) is 17.6 Å². The summed E-state index contributed by atoms with van der Waals surface area (Å²) < 4.78 is 0. The molecular weight excluding hydrogens is 346 g/mol. The molecule has 27 heavy (non-hydrogen) atoms. The largest absolute Gasteiger partial charge is 0.354 e. The van der Waals surface area contributed by atoms with Crippen LogP contribution in [0.15, 0.2) is 0 Å². The van der Waals surface area contributed by atoms with E-state index in [1.54, 1.807) is 0 Å². The Morgan fingerprint density at radius 1 is 1.07 bits per heavy atom. The normalized spacial score (nSPS) is 17.4. The van der Waals surface area contributed by atoms with Gasteiger partial charge in [-0.1, -0.05) is 13.8 Å². The van der Waals surface area contributed by atoms with Crippen molar-refractivity contribution in [1.82, 2.24) is 20.9 Å². The predicted molar refractivity (Wildman–Crippen MR) is 106 cm³/mol. The monoisotopic (exact) mass is 383 g/mol. The summed E-state index contributed by atoms with van der Waals surface area (Å²) in [5.74, 6) is -0.0360. The van der Waals surface area contributed by atoms with Gasteiger partial charge in [-0.05, 0) is 58.5 Å². The summed E-state index contributed by atoms with van der Waals surface area (Å²) in [5, 5.41) is 8.41. The zero-order valence-corrected chi connectivity index (χ0v) is 17.4. The molecule has 5 N–H and O–H groups in total. The lowest BCUT2D eigenvalue weighted by atomic mass is 9.96. The third-order valence-electron chi connectivity index (χ3n) is 4.62. The van der Waals surface area contributed by atoms with Crippen LogP contribution in [0.3, 0.4) is 0 Å². The molecule has 0 radical (unpaired) electrons. The molecule has 0 spiro atoms. The molecule has 1 atom stereocenters. The predicted octanol–water partition coefficient (Wildman–Crippen LogP) is -0.171. The number of nitrogens with zero attached hydrogens (tertiary/aromatic N) is 1. The van der Waals surface area contributed by atoms with Crippen molar-refractivity contribution in [2.75, 3.05) is 32.7 Å². The summed E-state index contributed by atoms with van der Waals surface area (Å²) >= 11 is 0. The lowest BCUT2D eigenvalue weighted by Gasteiger charge is -2.32. The molecule has 8 heteroatoms. The number of nitrogens with one attached hydrogen (secondary N) is 3. The van der Waals surface area contributed by atoms with E-state index in [-0.39, 0.29) is 35.7 Å². The molecule has 0 bridgehead atoms. The van der Waals surface area contributed by atoms with Crippen LogP contribution in [0.1, 0.15) is 47.5 Å². The maximum Gasteiger partial charge on any atom is 0.239 e. The standard InChI is InChI=1S/C19H37N5O3/c1-13(2)17(20)18(27)22-11-15(25)21-10-14-6-8-24(9-7-14)12-16(26)23-19(3,4)5/h13-14,17H,6-12,20H2,1-5H3,(H,21,25)(H,22,27)(H,23,26)/t17-/m0/s1. The van der Waals surface area contributed by atoms with E-state index < -0.39 is 6.04 Å². The second-order valence-corrected chi connectivity index (χ2v) is 8.81. The van der Waals surface area contributed by atoms with Crippen LogP contribution in [0.25, 0.3) is 0 Å². The fourth-order valence-electron chi connectivity index (χ4n) is 2.92. The first-order valence-corrected chi connectivity index (χ1v) is 9.81. The van der Waals surface area contributed by atoms with Crippen molar-refractivity contribution in [3.8, 4) is 0 Å². The summed E-state index contributed by atoms with van der Waals surface area (Å²) in [6.45, 7) is 12.3. The number of rotatable bonds is 8. The molecule has 0 aromatic rings. The van der Waals surface area contributed by atoms with Crippen molar-refractivity contribution < 1.29 is 14.4 Å². The molecule has 0 aromatic carbocycles. The van der Waals surface area contributed by atoms with Gasteiger partial charge in [-0.15, -0.1) is 0 Å². The first kappa shape index (κ1) is 23.4. The van der Waals surface area contributed by atoms with E-state index in [1.165, 1.54) is 0 Å². The number of hydrogen-bond donors (Lipinski definition) is 4. The SMILES string of the molecule is CC(C)[C@H](N)C(=O)NCC(=O)NCC1CCN(CC(=O)NC(C)(C)C)CC1. The van der Waals surface area contributed by atoms with Crippen molar-refractivity contribution in [2.45, 2.75) is 59.0 Å². The van der Waals surface area contributed by atoms with Crippen LogP contribution in [0.5, 0.6) is 0 Å². The number of carbonyl (C=O) groups excluding carboxylic acids is 3. The Morgan fingerprint density at radius 2 is 1.67 bits per heavy atom. The zero-order valence-electron chi connectivity index (χ0n) is 17.4. The summed E-state index contributed by atoms with van der Waals surface area (Å²) in [6.07, 6.45) is 1.88.